The van der Waals surface area contributed by atoms with Crippen molar-refractivity contribution in [2.75, 3.05) is 6.54 Å². The third kappa shape index (κ3) is 2.75. The molecule has 6 heteroatoms. The Labute approximate surface area is 149 Å². The van der Waals surface area contributed by atoms with Crippen molar-refractivity contribution in [3.8, 4) is 0 Å². The zero-order chi connectivity index (χ0) is 18.1. The Hall–Kier alpha value is -3.41. The molecule has 0 spiro atoms. The summed E-state index contributed by atoms with van der Waals surface area (Å²) in [7, 11) is 1.63. The van der Waals surface area contributed by atoms with Gasteiger partial charge in [0.15, 0.2) is 0 Å². The Kier molecular flexibility index (Phi) is 4.01. The SMILES string of the molecule is Cn1c(=O)c(C(=O)NCCc2c[nH]c3ccccc23)cc2cccnc21. The highest BCUT2D eigenvalue weighted by atomic mass is 16.2. The van der Waals surface area contributed by atoms with E-state index >= 15 is 0 Å². The summed E-state index contributed by atoms with van der Waals surface area (Å²) >= 11 is 0. The van der Waals surface area contributed by atoms with E-state index in [9.17, 15) is 9.59 Å². The molecule has 1 amide bonds. The number of aryl methyl sites for hydroxylation is 1. The quantitative estimate of drug-likeness (QED) is 0.595. The van der Waals surface area contributed by atoms with E-state index in [2.05, 4.69) is 21.4 Å². The summed E-state index contributed by atoms with van der Waals surface area (Å²) in [5.74, 6) is -0.365. The summed E-state index contributed by atoms with van der Waals surface area (Å²) < 4.78 is 1.41. The molecule has 0 unspecified atom stereocenters. The summed E-state index contributed by atoms with van der Waals surface area (Å²) in [6.45, 7) is 0.453. The third-order valence-electron chi connectivity index (χ3n) is 4.57. The molecule has 0 aliphatic heterocycles. The molecule has 4 rings (SSSR count). The molecule has 0 fully saturated rings. The van der Waals surface area contributed by atoms with E-state index in [1.54, 1.807) is 25.4 Å². The molecular formula is C20H18N4O2. The predicted octanol–water partition coefficient (Wildman–Crippen LogP) is 2.39. The molecule has 0 radical (unpaired) electrons. The number of nitrogens with zero attached hydrogens (tertiary/aromatic N) is 2. The number of aromatic nitrogens is 3. The van der Waals surface area contributed by atoms with Gasteiger partial charge in [-0.25, -0.2) is 4.98 Å². The normalized spacial score (nSPS) is 11.1. The molecule has 0 saturated heterocycles. The Morgan fingerprint density at radius 1 is 1.23 bits per heavy atom. The number of hydrogen-bond acceptors (Lipinski definition) is 3. The molecule has 0 atom stereocenters. The van der Waals surface area contributed by atoms with Crippen molar-refractivity contribution in [1.29, 1.82) is 0 Å². The van der Waals surface area contributed by atoms with Crippen LogP contribution in [0.1, 0.15) is 15.9 Å². The van der Waals surface area contributed by atoms with Gasteiger partial charge in [0.25, 0.3) is 11.5 Å². The fraction of sp³-hybridized carbons (Fsp3) is 0.150. The maximum atomic E-state index is 12.5. The summed E-state index contributed by atoms with van der Waals surface area (Å²) in [5, 5.41) is 4.76. The minimum Gasteiger partial charge on any atom is -0.361 e. The van der Waals surface area contributed by atoms with E-state index in [0.29, 0.717) is 18.6 Å². The molecule has 3 aromatic heterocycles. The van der Waals surface area contributed by atoms with Gasteiger partial charge in [0.2, 0.25) is 0 Å². The molecule has 0 saturated carbocycles. The van der Waals surface area contributed by atoms with Crippen LogP contribution in [0, 0.1) is 0 Å². The number of para-hydroxylation sites is 1. The Bertz CT molecular complexity index is 1170. The van der Waals surface area contributed by atoms with Crippen molar-refractivity contribution in [1.82, 2.24) is 19.9 Å². The van der Waals surface area contributed by atoms with E-state index in [-0.39, 0.29) is 17.0 Å². The summed E-state index contributed by atoms with van der Waals surface area (Å²) in [4.78, 5) is 32.4. The molecule has 26 heavy (non-hydrogen) atoms. The fourth-order valence-corrected chi connectivity index (χ4v) is 3.20. The molecule has 4 aromatic rings. The zero-order valence-corrected chi connectivity index (χ0v) is 14.3. The van der Waals surface area contributed by atoms with Crippen LogP contribution in [0.15, 0.2) is 59.7 Å². The Morgan fingerprint density at radius 3 is 2.96 bits per heavy atom. The van der Waals surface area contributed by atoms with Gasteiger partial charge in [-0.3, -0.25) is 14.2 Å². The fourth-order valence-electron chi connectivity index (χ4n) is 3.20. The summed E-state index contributed by atoms with van der Waals surface area (Å²) in [6.07, 6.45) is 4.27. The van der Waals surface area contributed by atoms with Gasteiger partial charge in [0, 0.05) is 42.3 Å². The maximum Gasteiger partial charge on any atom is 0.264 e. The molecule has 3 heterocycles. The van der Waals surface area contributed by atoms with E-state index in [1.165, 1.54) is 4.57 Å². The van der Waals surface area contributed by atoms with Gasteiger partial charge in [-0.05, 0) is 36.2 Å². The van der Waals surface area contributed by atoms with E-state index < -0.39 is 0 Å². The lowest BCUT2D eigenvalue weighted by Gasteiger charge is -2.08. The van der Waals surface area contributed by atoms with Crippen molar-refractivity contribution in [3.63, 3.8) is 0 Å². The smallest absolute Gasteiger partial charge is 0.264 e. The van der Waals surface area contributed by atoms with Crippen molar-refractivity contribution >= 4 is 27.8 Å². The third-order valence-corrected chi connectivity index (χ3v) is 4.57. The highest BCUT2D eigenvalue weighted by Gasteiger charge is 2.14. The molecule has 2 N–H and O–H groups in total. The highest BCUT2D eigenvalue weighted by molar-refractivity contribution is 5.96. The van der Waals surface area contributed by atoms with Crippen LogP contribution in [0.4, 0.5) is 0 Å². The van der Waals surface area contributed by atoms with Crippen LogP contribution >= 0.6 is 0 Å². The number of benzene rings is 1. The number of rotatable bonds is 4. The zero-order valence-electron chi connectivity index (χ0n) is 14.3. The van der Waals surface area contributed by atoms with Gasteiger partial charge in [0.05, 0.1) is 0 Å². The first-order valence-corrected chi connectivity index (χ1v) is 8.43. The van der Waals surface area contributed by atoms with Gasteiger partial charge in [0.1, 0.15) is 11.2 Å². The number of carbonyl (C=O) groups excluding carboxylic acids is 1. The van der Waals surface area contributed by atoms with Crippen molar-refractivity contribution in [2.24, 2.45) is 7.05 Å². The topological polar surface area (TPSA) is 79.8 Å². The van der Waals surface area contributed by atoms with Gasteiger partial charge < -0.3 is 10.3 Å². The predicted molar refractivity (Wildman–Crippen MR) is 101 cm³/mol. The molecule has 6 nitrogen and oxygen atoms in total. The number of amides is 1. The van der Waals surface area contributed by atoms with Gasteiger partial charge in [-0.2, -0.15) is 0 Å². The Morgan fingerprint density at radius 2 is 2.08 bits per heavy atom. The lowest BCUT2D eigenvalue weighted by molar-refractivity contribution is 0.0952. The largest absolute Gasteiger partial charge is 0.361 e. The molecule has 0 bridgehead atoms. The molecular weight excluding hydrogens is 328 g/mol. The van der Waals surface area contributed by atoms with E-state index in [4.69, 9.17) is 0 Å². The van der Waals surface area contributed by atoms with Crippen LogP contribution in [0.5, 0.6) is 0 Å². The average molecular weight is 346 g/mol. The van der Waals surface area contributed by atoms with Crippen LogP contribution in [0.2, 0.25) is 0 Å². The summed E-state index contributed by atoms with van der Waals surface area (Å²) in [6, 6.07) is 13.3. The van der Waals surface area contributed by atoms with Crippen LogP contribution in [0.3, 0.4) is 0 Å². The van der Waals surface area contributed by atoms with Gasteiger partial charge >= 0.3 is 0 Å². The maximum absolute atomic E-state index is 12.5. The number of fused-ring (bicyclic) bond motifs is 2. The van der Waals surface area contributed by atoms with Crippen molar-refractivity contribution in [2.45, 2.75) is 6.42 Å². The molecule has 1 aromatic carbocycles. The first-order chi connectivity index (χ1) is 12.6. The number of carbonyl (C=O) groups is 1. The van der Waals surface area contributed by atoms with Crippen LogP contribution in [-0.2, 0) is 13.5 Å². The van der Waals surface area contributed by atoms with Crippen LogP contribution in [0.25, 0.3) is 21.9 Å². The number of hydrogen-bond donors (Lipinski definition) is 2. The number of H-pyrrole nitrogens is 1. The second-order valence-corrected chi connectivity index (χ2v) is 6.20. The first-order valence-electron chi connectivity index (χ1n) is 8.43. The second-order valence-electron chi connectivity index (χ2n) is 6.20. The minimum atomic E-state index is -0.365. The van der Waals surface area contributed by atoms with E-state index in [1.807, 2.05) is 30.5 Å². The molecule has 0 aliphatic rings. The van der Waals surface area contributed by atoms with Gasteiger partial charge in [-0.1, -0.05) is 18.2 Å². The standard InChI is InChI=1S/C20H18N4O2/c1-24-18-13(5-4-9-21-18)11-16(20(24)26)19(25)22-10-8-14-12-23-17-7-3-2-6-15(14)17/h2-7,9,11-12,23H,8,10H2,1H3,(H,22,25). The minimum absolute atomic E-state index is 0.131. The number of nitrogens with one attached hydrogen (secondary N) is 2. The number of aromatic amines is 1. The van der Waals surface area contributed by atoms with Crippen LogP contribution in [-0.4, -0.2) is 27.0 Å². The highest BCUT2D eigenvalue weighted by Crippen LogP contribution is 2.17. The Balaban J connectivity index is 1.53. The summed E-state index contributed by atoms with van der Waals surface area (Å²) in [5.41, 5.74) is 2.56. The van der Waals surface area contributed by atoms with Crippen molar-refractivity contribution in [3.05, 3.63) is 76.3 Å². The molecule has 130 valence electrons. The molecule has 0 aliphatic carbocycles. The average Bonchev–Trinajstić information content (AvgIpc) is 3.08. The number of pyridine rings is 2. The van der Waals surface area contributed by atoms with Crippen LogP contribution < -0.4 is 10.9 Å². The van der Waals surface area contributed by atoms with E-state index in [0.717, 1.165) is 21.9 Å². The lowest BCUT2D eigenvalue weighted by atomic mass is 10.1. The first kappa shape index (κ1) is 16.1. The lowest BCUT2D eigenvalue weighted by Crippen LogP contribution is -2.33. The monoisotopic (exact) mass is 346 g/mol. The van der Waals surface area contributed by atoms with Crippen molar-refractivity contribution < 1.29 is 4.79 Å². The second kappa shape index (κ2) is 6.48. The van der Waals surface area contributed by atoms with Gasteiger partial charge in [-0.15, -0.1) is 0 Å².